The molecular formula is C13H16N4O2S3. The molecule has 0 saturated carbocycles. The Morgan fingerprint density at radius 2 is 2.09 bits per heavy atom. The van der Waals surface area contributed by atoms with Crippen LogP contribution in [-0.2, 0) is 11.3 Å². The second kappa shape index (κ2) is 7.70. The van der Waals surface area contributed by atoms with Gasteiger partial charge in [-0.05, 0) is 19.1 Å². The molecule has 0 saturated heterocycles. The number of thioether (sulfide) groups is 1. The van der Waals surface area contributed by atoms with Crippen LogP contribution in [0.3, 0.4) is 0 Å². The molecule has 0 aliphatic rings. The fraction of sp³-hybridized carbons (Fsp3) is 0.385. The van der Waals surface area contributed by atoms with Gasteiger partial charge in [0.2, 0.25) is 11.0 Å². The number of Topliss-reactive ketones (excluding diaryl/α,β-unsaturated/α-hetero) is 1. The number of hydrogen-bond donors (Lipinski definition) is 2. The fourth-order valence-corrected chi connectivity index (χ4v) is 4.55. The number of amides is 1. The van der Waals surface area contributed by atoms with Gasteiger partial charge >= 0.3 is 0 Å². The van der Waals surface area contributed by atoms with Gasteiger partial charge in [0, 0.05) is 18.8 Å². The Labute approximate surface area is 140 Å². The van der Waals surface area contributed by atoms with Gasteiger partial charge in [-0.25, -0.2) is 0 Å². The fourth-order valence-electron chi connectivity index (χ4n) is 1.58. The molecule has 0 aromatic carbocycles. The molecule has 0 aliphatic carbocycles. The Kier molecular flexibility index (Phi) is 5.92. The maximum absolute atomic E-state index is 12.4. The van der Waals surface area contributed by atoms with Crippen molar-refractivity contribution in [1.82, 2.24) is 15.5 Å². The summed E-state index contributed by atoms with van der Waals surface area (Å²) in [6, 6.07) is 3.68. The van der Waals surface area contributed by atoms with Crippen LogP contribution in [0.15, 0.2) is 16.5 Å². The lowest BCUT2D eigenvalue weighted by Gasteiger charge is -2.05. The first-order chi connectivity index (χ1) is 10.5. The van der Waals surface area contributed by atoms with Gasteiger partial charge in [-0.3, -0.25) is 9.59 Å². The number of aromatic nitrogens is 2. The van der Waals surface area contributed by atoms with Crippen LogP contribution >= 0.6 is 34.4 Å². The van der Waals surface area contributed by atoms with Crippen molar-refractivity contribution in [3.63, 3.8) is 0 Å². The van der Waals surface area contributed by atoms with E-state index in [0.717, 1.165) is 14.3 Å². The number of anilines is 1. The van der Waals surface area contributed by atoms with Crippen LogP contribution in [-0.4, -0.2) is 34.2 Å². The van der Waals surface area contributed by atoms with Crippen molar-refractivity contribution < 1.29 is 9.59 Å². The zero-order valence-electron chi connectivity index (χ0n) is 12.4. The molecule has 0 spiro atoms. The molecule has 6 nitrogen and oxygen atoms in total. The van der Waals surface area contributed by atoms with Gasteiger partial charge in [0.15, 0.2) is 10.1 Å². The van der Waals surface area contributed by atoms with Crippen LogP contribution in [0.4, 0.5) is 5.13 Å². The quantitative estimate of drug-likeness (QED) is 0.586. The summed E-state index contributed by atoms with van der Waals surface area (Å²) >= 11 is 4.24. The highest BCUT2D eigenvalue weighted by atomic mass is 32.2. The van der Waals surface area contributed by atoms with Crippen LogP contribution in [0.5, 0.6) is 0 Å². The molecule has 0 bridgehead atoms. The van der Waals surface area contributed by atoms with Crippen LogP contribution in [0.25, 0.3) is 0 Å². The average Bonchev–Trinajstić information content (AvgIpc) is 3.13. The monoisotopic (exact) mass is 356 g/mol. The number of carbonyl (C=O) groups excluding carboxylic acids is 2. The predicted molar refractivity (Wildman–Crippen MR) is 90.9 cm³/mol. The van der Waals surface area contributed by atoms with E-state index in [0.29, 0.717) is 11.4 Å². The van der Waals surface area contributed by atoms with Crippen molar-refractivity contribution in [3.8, 4) is 0 Å². The highest BCUT2D eigenvalue weighted by Gasteiger charge is 2.20. The predicted octanol–water partition coefficient (Wildman–Crippen LogP) is 2.64. The van der Waals surface area contributed by atoms with Gasteiger partial charge in [-0.1, -0.05) is 23.1 Å². The Hall–Kier alpha value is -1.45. The van der Waals surface area contributed by atoms with E-state index in [1.54, 1.807) is 13.1 Å². The molecule has 1 unspecified atom stereocenters. The van der Waals surface area contributed by atoms with Crippen LogP contribution in [0.1, 0.15) is 28.4 Å². The summed E-state index contributed by atoms with van der Waals surface area (Å²) in [5.74, 6) is -0.0212. The largest absolute Gasteiger partial charge is 0.363 e. The molecular weight excluding hydrogens is 340 g/mol. The molecule has 0 radical (unpaired) electrons. The van der Waals surface area contributed by atoms with Gasteiger partial charge in [-0.2, -0.15) is 0 Å². The lowest BCUT2D eigenvalue weighted by molar-refractivity contribution is -0.119. The highest BCUT2D eigenvalue weighted by Crippen LogP contribution is 2.31. The smallest absolute Gasteiger partial charge is 0.217 e. The summed E-state index contributed by atoms with van der Waals surface area (Å²) in [5.41, 5.74) is 0. The second-order valence-electron chi connectivity index (χ2n) is 4.42. The third-order valence-electron chi connectivity index (χ3n) is 2.68. The highest BCUT2D eigenvalue weighted by molar-refractivity contribution is 8.02. The third-order valence-corrected chi connectivity index (χ3v) is 5.91. The number of nitrogens with zero attached hydrogens (tertiary/aromatic N) is 2. The number of hydrogen-bond acceptors (Lipinski definition) is 8. The SMILES string of the molecule is CNc1nnc(SC(C)C(=O)c2ccc(CNC(C)=O)s2)s1. The first-order valence-corrected chi connectivity index (χ1v) is 9.06. The van der Waals surface area contributed by atoms with E-state index in [2.05, 4.69) is 20.8 Å². The number of rotatable bonds is 7. The number of thiophene rings is 1. The molecule has 2 aromatic heterocycles. The number of nitrogens with one attached hydrogen (secondary N) is 2. The van der Waals surface area contributed by atoms with E-state index >= 15 is 0 Å². The van der Waals surface area contributed by atoms with Gasteiger partial charge in [-0.15, -0.1) is 21.5 Å². The average molecular weight is 356 g/mol. The molecule has 2 heterocycles. The number of ketones is 1. The van der Waals surface area contributed by atoms with Crippen LogP contribution in [0, 0.1) is 0 Å². The molecule has 1 atom stereocenters. The Morgan fingerprint density at radius 3 is 2.73 bits per heavy atom. The molecule has 0 aliphatic heterocycles. The molecule has 2 aromatic rings. The van der Waals surface area contributed by atoms with Gasteiger partial charge < -0.3 is 10.6 Å². The Balaban J connectivity index is 1.96. The maximum atomic E-state index is 12.4. The van der Waals surface area contributed by atoms with Crippen molar-refractivity contribution >= 4 is 51.3 Å². The first kappa shape index (κ1) is 16.9. The zero-order chi connectivity index (χ0) is 16.1. The van der Waals surface area contributed by atoms with E-state index in [1.807, 2.05) is 13.0 Å². The standard InChI is InChI=1S/C13H16N4O2S3/c1-7(20-13-17-16-12(14-3)22-13)11(19)10-5-4-9(21-10)6-15-8(2)18/h4-5,7H,6H2,1-3H3,(H,14,16)(H,15,18). The van der Waals surface area contributed by atoms with E-state index in [4.69, 9.17) is 0 Å². The first-order valence-electron chi connectivity index (χ1n) is 6.55. The molecule has 1 amide bonds. The maximum Gasteiger partial charge on any atom is 0.217 e. The Morgan fingerprint density at radius 1 is 1.32 bits per heavy atom. The summed E-state index contributed by atoms with van der Waals surface area (Å²) in [7, 11) is 1.78. The molecule has 9 heteroatoms. The van der Waals surface area contributed by atoms with Crippen molar-refractivity contribution in [2.45, 2.75) is 30.0 Å². The molecule has 0 fully saturated rings. The lowest BCUT2D eigenvalue weighted by Crippen LogP contribution is -2.18. The summed E-state index contributed by atoms with van der Waals surface area (Å²) in [4.78, 5) is 25.0. The zero-order valence-corrected chi connectivity index (χ0v) is 14.8. The van der Waals surface area contributed by atoms with Gasteiger partial charge in [0.1, 0.15) is 0 Å². The summed E-state index contributed by atoms with van der Waals surface area (Å²) in [6.07, 6.45) is 0. The minimum absolute atomic E-state index is 0.0604. The van der Waals surface area contributed by atoms with Gasteiger partial charge in [0.05, 0.1) is 16.7 Å². The van der Waals surface area contributed by atoms with Crippen molar-refractivity contribution in [2.75, 3.05) is 12.4 Å². The topological polar surface area (TPSA) is 84.0 Å². The summed E-state index contributed by atoms with van der Waals surface area (Å²) < 4.78 is 0.764. The van der Waals surface area contributed by atoms with Crippen LogP contribution < -0.4 is 10.6 Å². The number of carbonyl (C=O) groups is 2. The summed E-state index contributed by atoms with van der Waals surface area (Å²) in [5, 5.41) is 14.1. The third kappa shape index (κ3) is 4.52. The van der Waals surface area contributed by atoms with Crippen molar-refractivity contribution in [1.29, 1.82) is 0 Å². The molecule has 2 rings (SSSR count). The van der Waals surface area contributed by atoms with Gasteiger partial charge in [0.25, 0.3) is 0 Å². The molecule has 22 heavy (non-hydrogen) atoms. The van der Waals surface area contributed by atoms with Crippen molar-refractivity contribution in [3.05, 3.63) is 21.9 Å². The second-order valence-corrected chi connectivity index (χ2v) is 8.16. The minimum Gasteiger partial charge on any atom is -0.363 e. The molecule has 118 valence electrons. The molecule has 2 N–H and O–H groups in total. The minimum atomic E-state index is -0.232. The van der Waals surface area contributed by atoms with Crippen molar-refractivity contribution in [2.24, 2.45) is 0 Å². The van der Waals surface area contributed by atoms with E-state index in [1.165, 1.54) is 41.4 Å². The van der Waals surface area contributed by atoms with E-state index in [9.17, 15) is 9.59 Å². The Bertz CT molecular complexity index is 668. The lowest BCUT2D eigenvalue weighted by atomic mass is 10.2. The van der Waals surface area contributed by atoms with E-state index < -0.39 is 0 Å². The summed E-state index contributed by atoms with van der Waals surface area (Å²) in [6.45, 7) is 3.79. The normalized spacial score (nSPS) is 12.0. The van der Waals surface area contributed by atoms with E-state index in [-0.39, 0.29) is 16.9 Å². The van der Waals surface area contributed by atoms with Crippen LogP contribution in [0.2, 0.25) is 0 Å².